The Kier molecular flexibility index (Phi) is 5.50. The van der Waals surface area contributed by atoms with Gasteiger partial charge in [0.1, 0.15) is 0 Å². The van der Waals surface area contributed by atoms with E-state index in [0.29, 0.717) is 0 Å². The summed E-state index contributed by atoms with van der Waals surface area (Å²) in [6, 6.07) is 9.17. The number of benzene rings is 1. The second-order valence-corrected chi connectivity index (χ2v) is 4.46. The Morgan fingerprint density at radius 3 is 2.31 bits per heavy atom. The molecule has 2 heteroatoms. The van der Waals surface area contributed by atoms with Gasteiger partial charge in [0.05, 0.1) is 6.61 Å². The Labute approximate surface area is 98.7 Å². The van der Waals surface area contributed by atoms with Gasteiger partial charge in [-0.25, -0.2) is 0 Å². The molecule has 0 aliphatic carbocycles. The van der Waals surface area contributed by atoms with Gasteiger partial charge < -0.3 is 10.4 Å². The van der Waals surface area contributed by atoms with Crippen molar-refractivity contribution in [2.75, 3.05) is 6.61 Å². The fourth-order valence-electron chi connectivity index (χ4n) is 1.84. The van der Waals surface area contributed by atoms with E-state index in [1.807, 2.05) is 6.92 Å². The molecule has 16 heavy (non-hydrogen) atoms. The van der Waals surface area contributed by atoms with Crippen LogP contribution in [0.15, 0.2) is 24.3 Å². The van der Waals surface area contributed by atoms with Crippen LogP contribution in [0.5, 0.6) is 0 Å². The van der Waals surface area contributed by atoms with Gasteiger partial charge in [-0.15, -0.1) is 0 Å². The summed E-state index contributed by atoms with van der Waals surface area (Å²) in [5, 5.41) is 12.3. The van der Waals surface area contributed by atoms with Gasteiger partial charge in [-0.05, 0) is 31.4 Å². The van der Waals surface area contributed by atoms with E-state index < -0.39 is 0 Å². The second kappa shape index (κ2) is 6.66. The van der Waals surface area contributed by atoms with Crippen LogP contribution >= 0.6 is 0 Å². The van der Waals surface area contributed by atoms with Gasteiger partial charge in [0, 0.05) is 12.1 Å². The lowest BCUT2D eigenvalue weighted by Gasteiger charge is -2.18. The van der Waals surface area contributed by atoms with Gasteiger partial charge in [0.25, 0.3) is 0 Å². The summed E-state index contributed by atoms with van der Waals surface area (Å²) >= 11 is 0. The number of aryl methyl sites for hydroxylation is 1. The quantitative estimate of drug-likeness (QED) is 0.774. The molecule has 0 aromatic heterocycles. The van der Waals surface area contributed by atoms with Gasteiger partial charge in [0.2, 0.25) is 0 Å². The normalized spacial score (nSPS) is 14.8. The van der Waals surface area contributed by atoms with Crippen molar-refractivity contribution in [3.05, 3.63) is 35.4 Å². The van der Waals surface area contributed by atoms with Crippen molar-refractivity contribution in [1.29, 1.82) is 0 Å². The first kappa shape index (κ1) is 13.2. The van der Waals surface area contributed by atoms with Crippen LogP contribution in [0.2, 0.25) is 0 Å². The van der Waals surface area contributed by atoms with E-state index in [-0.39, 0.29) is 18.7 Å². The molecule has 1 aromatic carbocycles. The van der Waals surface area contributed by atoms with Crippen LogP contribution in [0.1, 0.15) is 44.4 Å². The minimum absolute atomic E-state index is 0.144. The Hall–Kier alpha value is -0.860. The topological polar surface area (TPSA) is 32.3 Å². The lowest BCUT2D eigenvalue weighted by atomic mass is 10.0. The van der Waals surface area contributed by atoms with Gasteiger partial charge in [-0.2, -0.15) is 0 Å². The van der Waals surface area contributed by atoms with Crippen LogP contribution in [0, 0.1) is 0 Å². The molecule has 0 spiro atoms. The van der Waals surface area contributed by atoms with Crippen molar-refractivity contribution in [3.63, 3.8) is 0 Å². The van der Waals surface area contributed by atoms with Crippen molar-refractivity contribution >= 4 is 0 Å². The summed E-state index contributed by atoms with van der Waals surface area (Å²) < 4.78 is 0. The molecule has 0 saturated carbocycles. The Morgan fingerprint density at radius 1 is 1.19 bits per heavy atom. The monoisotopic (exact) mass is 221 g/mol. The first-order chi connectivity index (χ1) is 7.67. The van der Waals surface area contributed by atoms with E-state index in [0.717, 1.165) is 6.42 Å². The van der Waals surface area contributed by atoms with Crippen molar-refractivity contribution in [3.8, 4) is 0 Å². The van der Waals surface area contributed by atoms with Gasteiger partial charge in [-0.1, -0.05) is 37.6 Å². The molecular weight excluding hydrogens is 198 g/mol. The number of rotatable bonds is 6. The molecule has 90 valence electrons. The minimum Gasteiger partial charge on any atom is -0.395 e. The first-order valence-electron chi connectivity index (χ1n) is 6.13. The molecule has 0 bridgehead atoms. The highest BCUT2D eigenvalue weighted by molar-refractivity contribution is 5.24. The molecule has 0 fully saturated rings. The Bertz CT molecular complexity index is 294. The van der Waals surface area contributed by atoms with Crippen molar-refractivity contribution in [1.82, 2.24) is 5.32 Å². The zero-order valence-corrected chi connectivity index (χ0v) is 10.5. The average molecular weight is 221 g/mol. The third kappa shape index (κ3) is 3.95. The second-order valence-electron chi connectivity index (χ2n) is 4.46. The van der Waals surface area contributed by atoms with E-state index in [9.17, 15) is 0 Å². The van der Waals surface area contributed by atoms with Crippen LogP contribution < -0.4 is 5.32 Å². The van der Waals surface area contributed by atoms with E-state index in [1.165, 1.54) is 17.5 Å². The van der Waals surface area contributed by atoms with E-state index in [1.54, 1.807) is 0 Å². The van der Waals surface area contributed by atoms with Crippen molar-refractivity contribution in [2.24, 2.45) is 0 Å². The SMILES string of the molecule is CCCc1ccc(C(C)N[C@H](C)CO)cc1. The Balaban J connectivity index is 2.59. The molecule has 2 nitrogen and oxygen atoms in total. The summed E-state index contributed by atoms with van der Waals surface area (Å²) in [5.74, 6) is 0. The standard InChI is InChI=1S/C14H23NO/c1-4-5-13-6-8-14(9-7-13)12(3)15-11(2)10-16/h6-9,11-12,15-16H,4-5,10H2,1-3H3/t11-,12?/m1/s1. The largest absolute Gasteiger partial charge is 0.395 e. The molecule has 0 aliphatic heterocycles. The molecule has 0 amide bonds. The van der Waals surface area contributed by atoms with Crippen molar-refractivity contribution in [2.45, 2.75) is 45.7 Å². The molecule has 2 N–H and O–H groups in total. The number of aliphatic hydroxyl groups is 1. The van der Waals surface area contributed by atoms with Crippen LogP contribution in [-0.4, -0.2) is 17.8 Å². The lowest BCUT2D eigenvalue weighted by Crippen LogP contribution is -2.31. The number of nitrogens with one attached hydrogen (secondary N) is 1. The molecule has 0 saturated heterocycles. The number of aliphatic hydroxyl groups excluding tert-OH is 1. The van der Waals surface area contributed by atoms with Crippen molar-refractivity contribution < 1.29 is 5.11 Å². The highest BCUT2D eigenvalue weighted by Gasteiger charge is 2.08. The third-order valence-corrected chi connectivity index (χ3v) is 2.83. The molecule has 0 aliphatic rings. The van der Waals surface area contributed by atoms with Crippen LogP contribution in [0.4, 0.5) is 0 Å². The maximum atomic E-state index is 8.98. The highest BCUT2D eigenvalue weighted by Crippen LogP contribution is 2.14. The molecule has 1 aromatic rings. The summed E-state index contributed by atoms with van der Waals surface area (Å²) in [5.41, 5.74) is 2.67. The average Bonchev–Trinajstić information content (AvgIpc) is 2.30. The van der Waals surface area contributed by atoms with E-state index >= 15 is 0 Å². The zero-order chi connectivity index (χ0) is 12.0. The first-order valence-corrected chi connectivity index (χ1v) is 6.13. The predicted molar refractivity (Wildman–Crippen MR) is 68.5 cm³/mol. The lowest BCUT2D eigenvalue weighted by molar-refractivity contribution is 0.243. The molecule has 0 radical (unpaired) electrons. The fraction of sp³-hybridized carbons (Fsp3) is 0.571. The molecule has 1 rings (SSSR count). The van der Waals surface area contributed by atoms with E-state index in [2.05, 4.69) is 43.4 Å². The molecule has 0 heterocycles. The summed E-state index contributed by atoms with van der Waals surface area (Å²) in [7, 11) is 0. The maximum absolute atomic E-state index is 8.98. The maximum Gasteiger partial charge on any atom is 0.0582 e. The molecular formula is C14H23NO. The van der Waals surface area contributed by atoms with Crippen LogP contribution in [0.25, 0.3) is 0 Å². The van der Waals surface area contributed by atoms with Crippen LogP contribution in [0.3, 0.4) is 0 Å². The smallest absolute Gasteiger partial charge is 0.0582 e. The highest BCUT2D eigenvalue weighted by atomic mass is 16.3. The summed E-state index contributed by atoms with van der Waals surface area (Å²) in [4.78, 5) is 0. The van der Waals surface area contributed by atoms with Gasteiger partial charge in [0.15, 0.2) is 0 Å². The summed E-state index contributed by atoms with van der Waals surface area (Å²) in [6.45, 7) is 6.49. The zero-order valence-electron chi connectivity index (χ0n) is 10.5. The van der Waals surface area contributed by atoms with Crippen LogP contribution in [-0.2, 0) is 6.42 Å². The molecule has 2 atom stereocenters. The summed E-state index contributed by atoms with van der Waals surface area (Å²) in [6.07, 6.45) is 2.34. The van der Waals surface area contributed by atoms with Gasteiger partial charge >= 0.3 is 0 Å². The molecule has 1 unspecified atom stereocenters. The number of hydrogen-bond acceptors (Lipinski definition) is 2. The predicted octanol–water partition coefficient (Wildman–Crippen LogP) is 2.67. The number of hydrogen-bond donors (Lipinski definition) is 2. The Morgan fingerprint density at radius 2 is 1.81 bits per heavy atom. The fourth-order valence-corrected chi connectivity index (χ4v) is 1.84. The van der Waals surface area contributed by atoms with E-state index in [4.69, 9.17) is 5.11 Å². The van der Waals surface area contributed by atoms with Gasteiger partial charge in [-0.3, -0.25) is 0 Å². The minimum atomic E-state index is 0.144. The third-order valence-electron chi connectivity index (χ3n) is 2.83.